The number of hydrogen-bond donors (Lipinski definition) is 1. The highest BCUT2D eigenvalue weighted by atomic mass is 32.2. The molecule has 2 rings (SSSR count). The number of rotatable bonds is 5. The molecule has 0 atom stereocenters. The highest BCUT2D eigenvalue weighted by molar-refractivity contribution is 7.96. The maximum Gasteiger partial charge on any atom is 0.272 e. The third-order valence-corrected chi connectivity index (χ3v) is 4.55. The molecule has 0 heterocycles. The Morgan fingerprint density at radius 3 is 1.93 bits per heavy atom. The Kier molecular flexibility index (Phi) is 5.70. The number of methoxy groups -OCH3 is 1. The lowest BCUT2D eigenvalue weighted by atomic mass is 10.1. The minimum Gasteiger partial charge on any atom is -0.497 e. The van der Waals surface area contributed by atoms with Crippen LogP contribution in [0.25, 0.3) is 6.08 Å². The molecule has 142 valence electrons. The second kappa shape index (κ2) is 7.63. The molecule has 5 nitrogen and oxygen atoms in total. The number of nitrogens with one attached hydrogen (secondary N) is 1. The SMILES string of the molecule is COc1ccc(NS(=O)(=O)/C(C#N)=C\c2c(F)c(F)c(F)c(F)c2F)cc1. The molecule has 0 radical (unpaired) electrons. The fraction of sp³-hybridized carbons (Fsp3) is 0.0625. The normalized spacial score (nSPS) is 11.8. The standard InChI is InChI=1S/C16H9F5N2O3S/c1-26-9-4-2-8(3-5-9)23-27(24,25)10(7-22)6-11-12(17)14(19)16(21)15(20)13(11)18/h2-6,23H,1H3/b10-6-. The van der Waals surface area contributed by atoms with E-state index in [9.17, 15) is 30.4 Å². The number of benzene rings is 2. The first-order valence-corrected chi connectivity index (χ1v) is 8.40. The molecule has 0 unspecified atom stereocenters. The molecule has 0 saturated carbocycles. The topological polar surface area (TPSA) is 79.2 Å². The van der Waals surface area contributed by atoms with E-state index in [1.807, 2.05) is 4.72 Å². The second-order valence-corrected chi connectivity index (χ2v) is 6.59. The summed E-state index contributed by atoms with van der Waals surface area (Å²) >= 11 is 0. The van der Waals surface area contributed by atoms with Crippen molar-refractivity contribution in [3.05, 3.63) is 63.8 Å². The monoisotopic (exact) mass is 404 g/mol. The maximum atomic E-state index is 13.7. The summed E-state index contributed by atoms with van der Waals surface area (Å²) in [6.07, 6.45) is 0.0577. The van der Waals surface area contributed by atoms with E-state index in [4.69, 9.17) is 10.00 Å². The molecule has 1 N–H and O–H groups in total. The Hall–Kier alpha value is -3.13. The van der Waals surface area contributed by atoms with Gasteiger partial charge in [-0.2, -0.15) is 5.26 Å². The molecule has 0 aliphatic heterocycles. The Labute approximate surface area is 150 Å². The number of nitrogens with zero attached hydrogens (tertiary/aromatic N) is 1. The highest BCUT2D eigenvalue weighted by Gasteiger charge is 2.27. The molecular weight excluding hydrogens is 395 g/mol. The molecule has 0 aromatic heterocycles. The van der Waals surface area contributed by atoms with Gasteiger partial charge in [0.25, 0.3) is 10.0 Å². The van der Waals surface area contributed by atoms with E-state index in [2.05, 4.69) is 0 Å². The fourth-order valence-corrected chi connectivity index (χ4v) is 2.87. The number of nitriles is 1. The van der Waals surface area contributed by atoms with Crippen LogP contribution in [0.3, 0.4) is 0 Å². The first-order valence-electron chi connectivity index (χ1n) is 6.92. The number of hydrogen-bond acceptors (Lipinski definition) is 4. The Bertz CT molecular complexity index is 1030. The molecule has 0 bridgehead atoms. The van der Waals surface area contributed by atoms with Gasteiger partial charge in [-0.15, -0.1) is 0 Å². The van der Waals surface area contributed by atoms with E-state index in [0.29, 0.717) is 5.75 Å². The van der Waals surface area contributed by atoms with Crippen LogP contribution < -0.4 is 9.46 Å². The van der Waals surface area contributed by atoms with Gasteiger partial charge in [-0.25, -0.2) is 30.4 Å². The number of sulfonamides is 1. The summed E-state index contributed by atoms with van der Waals surface area (Å²) < 4.78 is 98.1. The zero-order chi connectivity index (χ0) is 20.4. The third kappa shape index (κ3) is 4.01. The predicted molar refractivity (Wildman–Crippen MR) is 85.4 cm³/mol. The van der Waals surface area contributed by atoms with Crippen molar-refractivity contribution in [3.8, 4) is 11.8 Å². The lowest BCUT2D eigenvalue weighted by Crippen LogP contribution is -2.15. The largest absolute Gasteiger partial charge is 0.497 e. The first kappa shape index (κ1) is 20.2. The van der Waals surface area contributed by atoms with Crippen LogP contribution in [0.1, 0.15) is 5.56 Å². The van der Waals surface area contributed by atoms with Crippen LogP contribution in [-0.4, -0.2) is 15.5 Å². The Balaban J connectivity index is 2.51. The van der Waals surface area contributed by atoms with Crippen LogP contribution >= 0.6 is 0 Å². The number of allylic oxidation sites excluding steroid dienone is 1. The maximum absolute atomic E-state index is 13.7. The van der Waals surface area contributed by atoms with Gasteiger partial charge in [0.2, 0.25) is 5.82 Å². The summed E-state index contributed by atoms with van der Waals surface area (Å²) in [5.74, 6) is -11.1. The average molecular weight is 404 g/mol. The van der Waals surface area contributed by atoms with E-state index in [-0.39, 0.29) is 11.8 Å². The van der Waals surface area contributed by atoms with E-state index in [1.165, 1.54) is 31.4 Å². The van der Waals surface area contributed by atoms with Crippen molar-refractivity contribution in [2.24, 2.45) is 0 Å². The van der Waals surface area contributed by atoms with Crippen molar-refractivity contribution in [1.29, 1.82) is 5.26 Å². The van der Waals surface area contributed by atoms with Gasteiger partial charge in [-0.05, 0) is 30.3 Å². The second-order valence-electron chi connectivity index (χ2n) is 4.94. The minimum absolute atomic E-state index is 0.0330. The third-order valence-electron chi connectivity index (χ3n) is 3.26. The van der Waals surface area contributed by atoms with Crippen LogP contribution in [0.2, 0.25) is 0 Å². The van der Waals surface area contributed by atoms with Crippen LogP contribution in [0.15, 0.2) is 29.2 Å². The van der Waals surface area contributed by atoms with Gasteiger partial charge in [-0.1, -0.05) is 0 Å². The van der Waals surface area contributed by atoms with Crippen LogP contribution in [0.4, 0.5) is 27.6 Å². The molecular formula is C16H9F5N2O3S. The van der Waals surface area contributed by atoms with E-state index < -0.39 is 49.6 Å². The Morgan fingerprint density at radius 2 is 1.48 bits per heavy atom. The predicted octanol–water partition coefficient (Wildman–Crippen LogP) is 3.70. The van der Waals surface area contributed by atoms with E-state index >= 15 is 0 Å². The molecule has 2 aromatic carbocycles. The van der Waals surface area contributed by atoms with Crippen molar-refractivity contribution in [2.45, 2.75) is 0 Å². The first-order chi connectivity index (χ1) is 12.6. The average Bonchev–Trinajstić information content (AvgIpc) is 2.65. The quantitative estimate of drug-likeness (QED) is 0.357. The van der Waals surface area contributed by atoms with Crippen LogP contribution in [-0.2, 0) is 10.0 Å². The number of halogens is 5. The zero-order valence-corrected chi connectivity index (χ0v) is 14.2. The van der Waals surface area contributed by atoms with Gasteiger partial charge in [0.1, 0.15) is 11.8 Å². The van der Waals surface area contributed by atoms with Crippen molar-refractivity contribution in [3.63, 3.8) is 0 Å². The summed E-state index contributed by atoms with van der Waals surface area (Å²) in [4.78, 5) is -1.26. The zero-order valence-electron chi connectivity index (χ0n) is 13.4. The summed E-state index contributed by atoms with van der Waals surface area (Å²) in [5, 5.41) is 8.99. The molecule has 2 aromatic rings. The minimum atomic E-state index is -4.68. The van der Waals surface area contributed by atoms with Crippen molar-refractivity contribution in [1.82, 2.24) is 0 Å². The van der Waals surface area contributed by atoms with Crippen LogP contribution in [0.5, 0.6) is 5.75 Å². The van der Waals surface area contributed by atoms with Crippen molar-refractivity contribution < 1.29 is 35.1 Å². The molecule has 0 fully saturated rings. The summed E-state index contributed by atoms with van der Waals surface area (Å²) in [7, 11) is -3.30. The molecule has 0 aliphatic rings. The summed E-state index contributed by atoms with van der Waals surface area (Å²) in [6, 6.07) is 6.46. The van der Waals surface area contributed by atoms with Crippen molar-refractivity contribution in [2.75, 3.05) is 11.8 Å². The molecule has 27 heavy (non-hydrogen) atoms. The molecule has 0 saturated heterocycles. The van der Waals surface area contributed by atoms with Gasteiger partial charge in [0, 0.05) is 5.69 Å². The summed E-state index contributed by atoms with van der Waals surface area (Å²) in [6.45, 7) is 0. The molecule has 0 spiro atoms. The van der Waals surface area contributed by atoms with Crippen LogP contribution in [0, 0.1) is 40.4 Å². The lowest BCUT2D eigenvalue weighted by Gasteiger charge is -2.09. The molecule has 11 heteroatoms. The number of anilines is 1. The van der Waals surface area contributed by atoms with E-state index in [1.54, 1.807) is 0 Å². The Morgan fingerprint density at radius 1 is 1.00 bits per heavy atom. The van der Waals surface area contributed by atoms with E-state index in [0.717, 1.165) is 6.07 Å². The highest BCUT2D eigenvalue weighted by Crippen LogP contribution is 2.26. The lowest BCUT2D eigenvalue weighted by molar-refractivity contribution is 0.377. The van der Waals surface area contributed by atoms with Gasteiger partial charge < -0.3 is 4.74 Å². The van der Waals surface area contributed by atoms with Gasteiger partial charge in [0.05, 0.1) is 12.7 Å². The summed E-state index contributed by atoms with van der Waals surface area (Å²) in [5.41, 5.74) is -1.59. The molecule has 0 amide bonds. The van der Waals surface area contributed by atoms with Gasteiger partial charge in [-0.3, -0.25) is 4.72 Å². The fourth-order valence-electron chi connectivity index (χ4n) is 1.92. The van der Waals surface area contributed by atoms with Gasteiger partial charge in [0.15, 0.2) is 28.2 Å². The molecule has 0 aliphatic carbocycles. The number of ether oxygens (including phenoxy) is 1. The van der Waals surface area contributed by atoms with Crippen molar-refractivity contribution >= 4 is 21.8 Å². The smallest absolute Gasteiger partial charge is 0.272 e. The van der Waals surface area contributed by atoms with Gasteiger partial charge >= 0.3 is 0 Å².